The van der Waals surface area contributed by atoms with Crippen molar-refractivity contribution in [3.05, 3.63) is 17.5 Å². The molecule has 0 radical (unpaired) electrons. The lowest BCUT2D eigenvalue weighted by Crippen LogP contribution is -2.59. The fraction of sp³-hybridized carbons (Fsp3) is 0.783. The number of hydrogen-bond donors (Lipinski definition) is 1. The summed E-state index contributed by atoms with van der Waals surface area (Å²) in [5, 5.41) is 7.15. The van der Waals surface area contributed by atoms with Gasteiger partial charge < -0.3 is 14.7 Å². The third-order valence-electron chi connectivity index (χ3n) is 7.53. The zero-order valence-electron chi connectivity index (χ0n) is 17.3. The lowest BCUT2D eigenvalue weighted by Gasteiger charge is -2.49. The second-order valence-corrected chi connectivity index (χ2v) is 9.78. The molecular weight excluding hydrogens is 366 g/mol. The van der Waals surface area contributed by atoms with Gasteiger partial charge in [0.25, 0.3) is 5.91 Å². The van der Waals surface area contributed by atoms with E-state index in [1.165, 1.54) is 38.5 Å². The number of aromatic nitrogens is 1. The van der Waals surface area contributed by atoms with Crippen LogP contribution in [0.3, 0.4) is 0 Å². The summed E-state index contributed by atoms with van der Waals surface area (Å²) in [6.45, 7) is 0. The minimum absolute atomic E-state index is 0.123. The molecule has 4 fully saturated rings. The van der Waals surface area contributed by atoms with Gasteiger partial charge in [0.2, 0.25) is 5.91 Å². The Bertz CT molecular complexity index is 736. The van der Waals surface area contributed by atoms with Crippen molar-refractivity contribution in [3.63, 3.8) is 0 Å². The van der Waals surface area contributed by atoms with E-state index in [0.29, 0.717) is 23.4 Å². The van der Waals surface area contributed by atoms with Crippen LogP contribution in [0.25, 0.3) is 0 Å². The van der Waals surface area contributed by atoms with Crippen LogP contribution in [0.15, 0.2) is 10.6 Å². The van der Waals surface area contributed by atoms with Crippen LogP contribution in [0.4, 0.5) is 0 Å². The van der Waals surface area contributed by atoms with E-state index < -0.39 is 0 Å². The van der Waals surface area contributed by atoms with Gasteiger partial charge in [0, 0.05) is 36.5 Å². The van der Waals surface area contributed by atoms with Crippen molar-refractivity contribution in [2.24, 2.45) is 5.92 Å². The van der Waals surface area contributed by atoms with Gasteiger partial charge in [-0.05, 0) is 63.7 Å². The first-order valence-corrected chi connectivity index (χ1v) is 11.8. The smallest absolute Gasteiger partial charge is 0.273 e. The van der Waals surface area contributed by atoms with E-state index in [-0.39, 0.29) is 24.0 Å². The fourth-order valence-corrected chi connectivity index (χ4v) is 5.87. The molecule has 4 aliphatic rings. The van der Waals surface area contributed by atoms with Gasteiger partial charge in [0.1, 0.15) is 5.76 Å². The highest BCUT2D eigenvalue weighted by Gasteiger charge is 2.41. The molecule has 2 bridgehead atoms. The largest absolute Gasteiger partial charge is 0.360 e. The van der Waals surface area contributed by atoms with E-state index in [2.05, 4.69) is 15.4 Å². The average molecular weight is 400 g/mol. The zero-order chi connectivity index (χ0) is 19.8. The van der Waals surface area contributed by atoms with Crippen molar-refractivity contribution in [2.75, 3.05) is 0 Å². The van der Waals surface area contributed by atoms with Crippen molar-refractivity contribution >= 4 is 11.8 Å². The van der Waals surface area contributed by atoms with Crippen molar-refractivity contribution in [1.82, 2.24) is 15.4 Å². The topological polar surface area (TPSA) is 75.4 Å². The Hall–Kier alpha value is -1.85. The molecule has 2 atom stereocenters. The summed E-state index contributed by atoms with van der Waals surface area (Å²) in [5.41, 5.74) is 0.396. The molecule has 6 heteroatoms. The van der Waals surface area contributed by atoms with Crippen molar-refractivity contribution in [3.8, 4) is 0 Å². The predicted octanol–water partition coefficient (Wildman–Crippen LogP) is 4.16. The fourth-order valence-electron chi connectivity index (χ4n) is 5.87. The molecule has 1 N–H and O–H groups in total. The van der Waals surface area contributed by atoms with Gasteiger partial charge in [-0.15, -0.1) is 0 Å². The molecule has 1 aromatic heterocycles. The van der Waals surface area contributed by atoms with Gasteiger partial charge in [-0.25, -0.2) is 0 Å². The first-order chi connectivity index (χ1) is 14.2. The van der Waals surface area contributed by atoms with Crippen LogP contribution in [0.5, 0.6) is 0 Å². The second-order valence-electron chi connectivity index (χ2n) is 9.78. The summed E-state index contributed by atoms with van der Waals surface area (Å²) in [7, 11) is 0. The quantitative estimate of drug-likeness (QED) is 0.806. The van der Waals surface area contributed by atoms with Gasteiger partial charge in [-0.1, -0.05) is 24.4 Å². The number of nitrogens with zero attached hydrogens (tertiary/aromatic N) is 2. The van der Waals surface area contributed by atoms with Crippen LogP contribution >= 0.6 is 0 Å². The van der Waals surface area contributed by atoms with Gasteiger partial charge in [0.05, 0.1) is 0 Å². The number of piperidine rings is 2. The van der Waals surface area contributed by atoms with Gasteiger partial charge in [-0.2, -0.15) is 0 Å². The molecule has 6 nitrogen and oxygen atoms in total. The van der Waals surface area contributed by atoms with E-state index in [1.54, 1.807) is 6.07 Å². The highest BCUT2D eigenvalue weighted by molar-refractivity contribution is 5.92. The number of hydrogen-bond acceptors (Lipinski definition) is 4. The molecule has 1 aromatic rings. The number of amides is 2. The first kappa shape index (κ1) is 19.1. The Morgan fingerprint density at radius 3 is 2.41 bits per heavy atom. The molecule has 2 unspecified atom stereocenters. The Morgan fingerprint density at radius 1 is 1.00 bits per heavy atom. The molecule has 2 amide bonds. The van der Waals surface area contributed by atoms with Crippen molar-refractivity contribution < 1.29 is 14.1 Å². The number of rotatable bonds is 5. The monoisotopic (exact) mass is 399 g/mol. The predicted molar refractivity (Wildman–Crippen MR) is 108 cm³/mol. The summed E-state index contributed by atoms with van der Waals surface area (Å²) in [5.74, 6) is 2.12. The van der Waals surface area contributed by atoms with Crippen LogP contribution in [0, 0.1) is 5.92 Å². The second kappa shape index (κ2) is 8.11. The molecule has 2 saturated carbocycles. The third-order valence-corrected chi connectivity index (χ3v) is 7.53. The maximum Gasteiger partial charge on any atom is 0.273 e. The highest BCUT2D eigenvalue weighted by atomic mass is 16.5. The Balaban J connectivity index is 1.19. The van der Waals surface area contributed by atoms with E-state index >= 15 is 0 Å². The number of carbonyl (C=O) groups excluding carboxylic acids is 2. The lowest BCUT2D eigenvalue weighted by atomic mass is 9.80. The van der Waals surface area contributed by atoms with E-state index in [4.69, 9.17) is 4.52 Å². The van der Waals surface area contributed by atoms with Crippen LogP contribution < -0.4 is 5.32 Å². The van der Waals surface area contributed by atoms with Crippen molar-refractivity contribution in [1.29, 1.82) is 0 Å². The normalized spacial score (nSPS) is 30.2. The third kappa shape index (κ3) is 4.22. The Morgan fingerprint density at radius 2 is 1.72 bits per heavy atom. The van der Waals surface area contributed by atoms with Gasteiger partial charge >= 0.3 is 0 Å². The number of fused-ring (bicyclic) bond motifs is 2. The van der Waals surface area contributed by atoms with Gasteiger partial charge in [-0.3, -0.25) is 9.59 Å². The summed E-state index contributed by atoms with van der Waals surface area (Å²) < 4.78 is 5.33. The molecule has 3 heterocycles. The summed E-state index contributed by atoms with van der Waals surface area (Å²) in [4.78, 5) is 28.0. The highest BCUT2D eigenvalue weighted by Crippen LogP contribution is 2.40. The maximum absolute atomic E-state index is 13.1. The van der Waals surface area contributed by atoms with E-state index in [0.717, 1.165) is 50.7 Å². The molecule has 2 aliphatic heterocycles. The molecule has 2 saturated heterocycles. The SMILES string of the molecule is O=C(NC1CC2CCCC(C1)N2C(=O)CC1CCCCC1)c1cc(C2CC2)on1. The zero-order valence-corrected chi connectivity index (χ0v) is 17.3. The number of nitrogens with one attached hydrogen (secondary N) is 1. The van der Waals surface area contributed by atoms with Crippen LogP contribution in [-0.2, 0) is 4.79 Å². The molecular formula is C23H33N3O3. The Kier molecular flexibility index (Phi) is 5.35. The summed E-state index contributed by atoms with van der Waals surface area (Å²) in [6.07, 6.45) is 14.4. The standard InChI is InChI=1S/C23H33N3O3/c27-22(11-15-5-2-1-3-6-15)26-18-7-4-8-19(26)13-17(12-18)24-23(28)20-14-21(29-25-20)16-9-10-16/h14-19H,1-13H2,(H,24,28). The van der Waals surface area contributed by atoms with Crippen LogP contribution in [-0.4, -0.2) is 40.0 Å². The molecule has 29 heavy (non-hydrogen) atoms. The number of carbonyl (C=O) groups is 2. The minimum Gasteiger partial charge on any atom is -0.360 e. The lowest BCUT2D eigenvalue weighted by molar-refractivity contribution is -0.142. The van der Waals surface area contributed by atoms with Gasteiger partial charge in [0.15, 0.2) is 5.69 Å². The molecule has 158 valence electrons. The average Bonchev–Trinajstić information content (AvgIpc) is 3.44. The summed E-state index contributed by atoms with van der Waals surface area (Å²) in [6, 6.07) is 2.49. The van der Waals surface area contributed by atoms with E-state index in [1.807, 2.05) is 0 Å². The molecule has 2 aliphatic carbocycles. The van der Waals surface area contributed by atoms with Crippen molar-refractivity contribution in [2.45, 2.75) is 108 Å². The minimum atomic E-state index is -0.134. The molecule has 0 aromatic carbocycles. The van der Waals surface area contributed by atoms with Crippen LogP contribution in [0.1, 0.15) is 106 Å². The van der Waals surface area contributed by atoms with Crippen LogP contribution in [0.2, 0.25) is 0 Å². The maximum atomic E-state index is 13.1. The Labute approximate surface area is 172 Å². The summed E-state index contributed by atoms with van der Waals surface area (Å²) >= 11 is 0. The first-order valence-electron chi connectivity index (χ1n) is 11.8. The van der Waals surface area contributed by atoms with E-state index in [9.17, 15) is 9.59 Å². The molecule has 0 spiro atoms. The molecule has 5 rings (SSSR count).